The van der Waals surface area contributed by atoms with Crippen LogP contribution in [-0.2, 0) is 10.1 Å². The van der Waals surface area contributed by atoms with Crippen LogP contribution < -0.4 is 0 Å². The van der Waals surface area contributed by atoms with Gasteiger partial charge in [0.15, 0.2) is 0 Å². The smallest absolute Gasteiger partial charge is 0.282 e. The van der Waals surface area contributed by atoms with E-state index in [1.807, 2.05) is 0 Å². The van der Waals surface area contributed by atoms with Gasteiger partial charge in [0.2, 0.25) is 0 Å². The first-order valence-corrected chi connectivity index (χ1v) is 5.45. The summed E-state index contributed by atoms with van der Waals surface area (Å²) in [6.45, 7) is 1.62. The molecule has 0 aliphatic heterocycles. The topological polar surface area (TPSA) is 54.4 Å². The molecule has 3 nitrogen and oxygen atoms in total. The lowest BCUT2D eigenvalue weighted by Gasteiger charge is -2.03. The zero-order valence-electron chi connectivity index (χ0n) is 6.99. The molecule has 14 heavy (non-hydrogen) atoms. The van der Waals surface area contributed by atoms with Gasteiger partial charge in [-0.1, -0.05) is 23.2 Å². The van der Waals surface area contributed by atoms with Gasteiger partial charge in [0.05, 0.1) is 5.02 Å². The fourth-order valence-corrected chi connectivity index (χ4v) is 2.14. The first-order chi connectivity index (χ1) is 5.82. The summed E-state index contributed by atoms with van der Waals surface area (Å²) in [7, 11) is -4.26. The molecule has 0 radical (unpaired) electrons. The molecule has 0 atom stereocenters. The van der Waals surface area contributed by atoms with Crippen molar-refractivity contribution in [1.82, 2.24) is 0 Å². The van der Waals surface area contributed by atoms with Gasteiger partial charge in [0.1, 0.15) is 4.90 Å². The molecule has 0 bridgehead atoms. The lowest BCUT2D eigenvalue weighted by atomic mass is 10.2. The minimum atomic E-state index is -4.26. The molecule has 80 valence electrons. The normalized spacial score (nSPS) is 10.9. The zero-order valence-corrected chi connectivity index (χ0v) is 10.1. The van der Waals surface area contributed by atoms with Crippen molar-refractivity contribution in [1.29, 1.82) is 0 Å². The maximum absolute atomic E-state index is 10.7. The molecule has 0 saturated carbocycles. The minimum Gasteiger partial charge on any atom is -0.282 e. The molecular formula is C7H7Cl3O3S. The molecule has 1 rings (SSSR count). The summed E-state index contributed by atoms with van der Waals surface area (Å²) in [5.41, 5.74) is 0.540. The van der Waals surface area contributed by atoms with Gasteiger partial charge >= 0.3 is 0 Å². The minimum absolute atomic E-state index is 0. The second kappa shape index (κ2) is 4.68. The van der Waals surface area contributed by atoms with Crippen LogP contribution in [0.3, 0.4) is 0 Å². The maximum atomic E-state index is 10.7. The highest BCUT2D eigenvalue weighted by atomic mass is 35.5. The Morgan fingerprint density at radius 3 is 2.14 bits per heavy atom. The van der Waals surface area contributed by atoms with Gasteiger partial charge in [-0.25, -0.2) is 0 Å². The Bertz CT molecular complexity index is 442. The summed E-state index contributed by atoms with van der Waals surface area (Å²) in [5.74, 6) is 0. The van der Waals surface area contributed by atoms with Crippen LogP contribution in [0.15, 0.2) is 17.0 Å². The Labute approximate surface area is 98.2 Å². The number of hydrogen-bond acceptors (Lipinski definition) is 2. The number of hydrogen-bond donors (Lipinski definition) is 1. The average Bonchev–Trinajstić information content (AvgIpc) is 1.94. The fourth-order valence-electron chi connectivity index (χ4n) is 0.828. The van der Waals surface area contributed by atoms with Gasteiger partial charge in [-0.3, -0.25) is 4.55 Å². The molecule has 1 aromatic carbocycles. The molecular weight excluding hydrogens is 270 g/mol. The SMILES string of the molecule is Cc1cc(S(=O)(=O)O)c(Cl)cc1Cl.Cl. The van der Waals surface area contributed by atoms with Crippen molar-refractivity contribution < 1.29 is 13.0 Å². The molecule has 0 aliphatic rings. The number of rotatable bonds is 1. The van der Waals surface area contributed by atoms with Crippen LogP contribution in [-0.4, -0.2) is 13.0 Å². The molecule has 0 amide bonds. The standard InChI is InChI=1S/C7H6Cl2O3S.ClH/c1-4-2-7(13(10,11)12)6(9)3-5(4)8;/h2-3H,1H3,(H,10,11,12);1H. The first-order valence-electron chi connectivity index (χ1n) is 3.25. The lowest BCUT2D eigenvalue weighted by molar-refractivity contribution is 0.483. The van der Waals surface area contributed by atoms with E-state index in [4.69, 9.17) is 27.8 Å². The Hall–Kier alpha value is -0.000000000000000111. The van der Waals surface area contributed by atoms with Crippen molar-refractivity contribution in [3.63, 3.8) is 0 Å². The quantitative estimate of drug-likeness (QED) is 0.803. The number of benzene rings is 1. The summed E-state index contributed by atoms with van der Waals surface area (Å²) in [6.07, 6.45) is 0. The Morgan fingerprint density at radius 1 is 1.21 bits per heavy atom. The predicted octanol–water partition coefficient (Wildman–Crippen LogP) is 2.97. The number of aryl methyl sites for hydroxylation is 1. The molecule has 0 saturated heterocycles. The van der Waals surface area contributed by atoms with E-state index < -0.39 is 10.1 Å². The third kappa shape index (κ3) is 3.00. The summed E-state index contributed by atoms with van der Waals surface area (Å²) in [6, 6.07) is 2.50. The highest BCUT2D eigenvalue weighted by Gasteiger charge is 2.15. The van der Waals surface area contributed by atoms with E-state index in [9.17, 15) is 8.42 Å². The van der Waals surface area contributed by atoms with Gasteiger partial charge in [-0.2, -0.15) is 8.42 Å². The van der Waals surface area contributed by atoms with E-state index in [1.54, 1.807) is 6.92 Å². The van der Waals surface area contributed by atoms with Crippen molar-refractivity contribution in [3.05, 3.63) is 27.7 Å². The third-order valence-corrected chi connectivity index (χ3v) is 3.22. The zero-order chi connectivity index (χ0) is 10.2. The van der Waals surface area contributed by atoms with E-state index in [-0.39, 0.29) is 22.3 Å². The van der Waals surface area contributed by atoms with E-state index in [0.717, 1.165) is 0 Å². The lowest BCUT2D eigenvalue weighted by Crippen LogP contribution is -1.99. The van der Waals surface area contributed by atoms with Crippen LogP contribution in [0, 0.1) is 6.92 Å². The summed E-state index contributed by atoms with van der Waals surface area (Å²) < 4.78 is 30.2. The maximum Gasteiger partial charge on any atom is 0.296 e. The number of halogens is 3. The van der Waals surface area contributed by atoms with E-state index in [0.29, 0.717) is 10.6 Å². The molecule has 0 heterocycles. The molecule has 0 unspecified atom stereocenters. The molecule has 1 N–H and O–H groups in total. The second-order valence-electron chi connectivity index (χ2n) is 2.51. The molecule has 0 spiro atoms. The summed E-state index contributed by atoms with van der Waals surface area (Å²) >= 11 is 11.2. The second-order valence-corrected chi connectivity index (χ2v) is 4.71. The summed E-state index contributed by atoms with van der Waals surface area (Å²) in [5, 5.41) is 0.274. The van der Waals surface area contributed by atoms with Gasteiger partial charge in [-0.15, -0.1) is 12.4 Å². The highest BCUT2D eigenvalue weighted by Crippen LogP contribution is 2.27. The van der Waals surface area contributed by atoms with Crippen molar-refractivity contribution in [2.45, 2.75) is 11.8 Å². The van der Waals surface area contributed by atoms with Crippen molar-refractivity contribution in [3.8, 4) is 0 Å². The van der Waals surface area contributed by atoms with Crippen LogP contribution in [0.1, 0.15) is 5.56 Å². The van der Waals surface area contributed by atoms with Gasteiger partial charge in [0, 0.05) is 5.02 Å². The highest BCUT2D eigenvalue weighted by molar-refractivity contribution is 7.86. The van der Waals surface area contributed by atoms with Gasteiger partial charge in [0.25, 0.3) is 10.1 Å². The molecule has 0 aliphatic carbocycles. The molecule has 0 aromatic heterocycles. The average molecular weight is 278 g/mol. The van der Waals surface area contributed by atoms with Gasteiger partial charge < -0.3 is 0 Å². The molecule has 1 aromatic rings. The van der Waals surface area contributed by atoms with E-state index in [2.05, 4.69) is 0 Å². The van der Waals surface area contributed by atoms with Crippen LogP contribution in [0.4, 0.5) is 0 Å². The monoisotopic (exact) mass is 276 g/mol. The Balaban J connectivity index is 0.00000169. The van der Waals surface area contributed by atoms with Crippen molar-refractivity contribution >= 4 is 45.7 Å². The Kier molecular flexibility index (Phi) is 4.68. The van der Waals surface area contributed by atoms with Crippen LogP contribution in [0.5, 0.6) is 0 Å². The molecule has 0 fully saturated rings. The summed E-state index contributed by atoms with van der Waals surface area (Å²) in [4.78, 5) is -0.323. The van der Waals surface area contributed by atoms with Crippen LogP contribution in [0.2, 0.25) is 10.0 Å². The first kappa shape index (κ1) is 14.0. The van der Waals surface area contributed by atoms with Gasteiger partial charge in [-0.05, 0) is 24.6 Å². The molecule has 7 heteroatoms. The van der Waals surface area contributed by atoms with Crippen molar-refractivity contribution in [2.75, 3.05) is 0 Å². The van der Waals surface area contributed by atoms with Crippen LogP contribution in [0.25, 0.3) is 0 Å². The van der Waals surface area contributed by atoms with Crippen molar-refractivity contribution in [2.24, 2.45) is 0 Å². The third-order valence-electron chi connectivity index (χ3n) is 1.49. The largest absolute Gasteiger partial charge is 0.296 e. The fraction of sp³-hybridized carbons (Fsp3) is 0.143. The van der Waals surface area contributed by atoms with E-state index >= 15 is 0 Å². The van der Waals surface area contributed by atoms with E-state index in [1.165, 1.54) is 12.1 Å². The van der Waals surface area contributed by atoms with Crippen LogP contribution >= 0.6 is 35.6 Å². The Morgan fingerprint density at radius 2 is 1.71 bits per heavy atom. The predicted molar refractivity (Wildman–Crippen MR) is 58.3 cm³/mol.